The lowest BCUT2D eigenvalue weighted by molar-refractivity contribution is -0.125. The highest BCUT2D eigenvalue weighted by atomic mass is 32.1. The Morgan fingerprint density at radius 2 is 2.07 bits per heavy atom. The number of aromatic nitrogens is 3. The van der Waals surface area contributed by atoms with Crippen molar-refractivity contribution in [1.29, 1.82) is 0 Å². The van der Waals surface area contributed by atoms with Crippen molar-refractivity contribution in [2.75, 3.05) is 19.0 Å². The number of anilines is 1. The monoisotopic (exact) mass is 422 g/mol. The fraction of sp³-hybridized carbons (Fsp3) is 0.190. The molecule has 0 fully saturated rings. The van der Waals surface area contributed by atoms with Gasteiger partial charge in [0.2, 0.25) is 11.2 Å². The first kappa shape index (κ1) is 18.4. The van der Waals surface area contributed by atoms with Gasteiger partial charge in [0.15, 0.2) is 11.5 Å². The third-order valence-corrected chi connectivity index (χ3v) is 5.64. The second kappa shape index (κ2) is 7.34. The summed E-state index contributed by atoms with van der Waals surface area (Å²) in [7, 11) is 1.63. The number of nitrogens with zero attached hydrogens (tertiary/aromatic N) is 3. The van der Waals surface area contributed by atoms with E-state index in [0.29, 0.717) is 22.4 Å². The zero-order valence-electron chi connectivity index (χ0n) is 16.3. The van der Waals surface area contributed by atoms with E-state index in [1.54, 1.807) is 23.9 Å². The summed E-state index contributed by atoms with van der Waals surface area (Å²) in [5.74, 6) is 2.15. The summed E-state index contributed by atoms with van der Waals surface area (Å²) < 4.78 is 19.3. The highest BCUT2D eigenvalue weighted by Crippen LogP contribution is 2.32. The lowest BCUT2D eigenvalue weighted by Crippen LogP contribution is -2.40. The number of carbonyl (C=O) groups excluding carboxylic acids is 1. The van der Waals surface area contributed by atoms with Crippen molar-refractivity contribution < 1.29 is 19.0 Å². The van der Waals surface area contributed by atoms with E-state index in [0.717, 1.165) is 21.7 Å². The number of hydrogen-bond donors (Lipinski definition) is 1. The van der Waals surface area contributed by atoms with Gasteiger partial charge < -0.3 is 19.5 Å². The summed E-state index contributed by atoms with van der Waals surface area (Å²) in [5.41, 5.74) is 1.59. The van der Waals surface area contributed by atoms with E-state index in [-0.39, 0.29) is 12.5 Å². The number of ether oxygens (including phenoxy) is 3. The molecule has 3 heterocycles. The molecule has 152 valence electrons. The average molecular weight is 422 g/mol. The Kier molecular flexibility index (Phi) is 4.51. The first-order valence-electron chi connectivity index (χ1n) is 9.32. The number of thiazole rings is 1. The van der Waals surface area contributed by atoms with Gasteiger partial charge in [-0.25, -0.2) is 4.98 Å². The largest absolute Gasteiger partial charge is 0.497 e. The summed E-state index contributed by atoms with van der Waals surface area (Å²) >= 11 is 1.46. The molecule has 30 heavy (non-hydrogen) atoms. The van der Waals surface area contributed by atoms with Crippen LogP contribution in [-0.4, -0.2) is 40.5 Å². The van der Waals surface area contributed by atoms with Crippen LogP contribution >= 0.6 is 11.3 Å². The third-order valence-electron chi connectivity index (χ3n) is 4.65. The number of rotatable bonds is 4. The fourth-order valence-corrected chi connectivity index (χ4v) is 4.16. The van der Waals surface area contributed by atoms with Gasteiger partial charge in [-0.2, -0.15) is 9.78 Å². The van der Waals surface area contributed by atoms with Gasteiger partial charge in [0.1, 0.15) is 18.2 Å². The van der Waals surface area contributed by atoms with Gasteiger partial charge in [-0.3, -0.25) is 4.79 Å². The number of para-hydroxylation sites is 2. The second-order valence-corrected chi connectivity index (χ2v) is 7.78. The molecule has 0 saturated heterocycles. The van der Waals surface area contributed by atoms with Crippen molar-refractivity contribution in [2.24, 2.45) is 0 Å². The van der Waals surface area contributed by atoms with E-state index in [1.807, 2.05) is 43.3 Å². The van der Waals surface area contributed by atoms with Gasteiger partial charge in [0.05, 0.1) is 23.0 Å². The second-order valence-electron chi connectivity index (χ2n) is 6.77. The van der Waals surface area contributed by atoms with Gasteiger partial charge >= 0.3 is 0 Å². The number of carbonyl (C=O) groups is 1. The highest BCUT2D eigenvalue weighted by molar-refractivity contribution is 7.20. The van der Waals surface area contributed by atoms with E-state index in [2.05, 4.69) is 15.4 Å². The maximum absolute atomic E-state index is 12.8. The quantitative estimate of drug-likeness (QED) is 0.541. The zero-order chi connectivity index (χ0) is 20.7. The topological polar surface area (TPSA) is 87.5 Å². The van der Waals surface area contributed by atoms with Crippen LogP contribution in [0.25, 0.3) is 15.3 Å². The van der Waals surface area contributed by atoms with Crippen LogP contribution in [0, 0.1) is 6.92 Å². The van der Waals surface area contributed by atoms with E-state index < -0.39 is 6.10 Å². The normalized spacial score (nSPS) is 15.2. The minimum atomic E-state index is -0.761. The predicted octanol–water partition coefficient (Wildman–Crippen LogP) is 3.58. The van der Waals surface area contributed by atoms with Gasteiger partial charge in [-0.1, -0.05) is 23.5 Å². The summed E-state index contributed by atoms with van der Waals surface area (Å²) in [4.78, 5) is 17.5. The van der Waals surface area contributed by atoms with E-state index >= 15 is 0 Å². The summed E-state index contributed by atoms with van der Waals surface area (Å²) in [6.45, 7) is 2.00. The summed E-state index contributed by atoms with van der Waals surface area (Å²) in [6, 6.07) is 14.8. The predicted molar refractivity (Wildman–Crippen MR) is 113 cm³/mol. The Morgan fingerprint density at radius 1 is 1.23 bits per heavy atom. The van der Waals surface area contributed by atoms with Crippen LogP contribution < -0.4 is 19.5 Å². The third kappa shape index (κ3) is 3.33. The minimum Gasteiger partial charge on any atom is -0.497 e. The smallest absolute Gasteiger partial charge is 0.270 e. The molecule has 4 aromatic rings. The number of benzene rings is 2. The van der Waals surface area contributed by atoms with Crippen molar-refractivity contribution in [3.63, 3.8) is 0 Å². The Bertz CT molecular complexity index is 1250. The van der Waals surface area contributed by atoms with Crippen molar-refractivity contribution in [3.8, 4) is 22.4 Å². The van der Waals surface area contributed by atoms with Crippen LogP contribution in [0.5, 0.6) is 17.2 Å². The fourth-order valence-electron chi connectivity index (χ4n) is 3.20. The molecule has 9 heteroatoms. The van der Waals surface area contributed by atoms with Gasteiger partial charge in [0, 0.05) is 6.07 Å². The first-order chi connectivity index (χ1) is 14.6. The maximum Gasteiger partial charge on any atom is 0.270 e. The lowest BCUT2D eigenvalue weighted by Gasteiger charge is -2.25. The van der Waals surface area contributed by atoms with Gasteiger partial charge in [-0.15, -0.1) is 0 Å². The molecule has 8 nitrogen and oxygen atoms in total. The van der Waals surface area contributed by atoms with Gasteiger partial charge in [-0.05, 0) is 37.3 Å². The molecule has 2 aromatic carbocycles. The SMILES string of the molecule is COc1ccc2nc(-n3nc(C)cc3NC(=O)[C@@H]3COc4ccccc4O3)sc2c1. The molecule has 2 aromatic heterocycles. The first-order valence-corrected chi connectivity index (χ1v) is 10.1. The molecule has 0 bridgehead atoms. The molecular formula is C21H18N4O4S. The van der Waals surface area contributed by atoms with Crippen LogP contribution in [0.15, 0.2) is 48.5 Å². The molecule has 1 aliphatic heterocycles. The number of aryl methyl sites for hydroxylation is 1. The Labute approximate surface area is 176 Å². The molecule has 1 amide bonds. The molecule has 5 rings (SSSR count). The van der Waals surface area contributed by atoms with E-state index in [9.17, 15) is 4.79 Å². The molecule has 1 N–H and O–H groups in total. The zero-order valence-corrected chi connectivity index (χ0v) is 17.1. The molecular weight excluding hydrogens is 404 g/mol. The number of methoxy groups -OCH3 is 1. The molecule has 0 unspecified atom stereocenters. The molecule has 0 radical (unpaired) electrons. The number of hydrogen-bond acceptors (Lipinski definition) is 7. The van der Waals surface area contributed by atoms with E-state index in [4.69, 9.17) is 14.2 Å². The molecule has 0 aliphatic carbocycles. The van der Waals surface area contributed by atoms with Crippen molar-refractivity contribution in [2.45, 2.75) is 13.0 Å². The van der Waals surface area contributed by atoms with E-state index in [1.165, 1.54) is 11.3 Å². The summed E-state index contributed by atoms with van der Waals surface area (Å²) in [5, 5.41) is 8.04. The molecule has 1 atom stereocenters. The van der Waals surface area contributed by atoms with Crippen molar-refractivity contribution >= 4 is 33.3 Å². The molecule has 1 aliphatic rings. The van der Waals surface area contributed by atoms with Gasteiger partial charge in [0.25, 0.3) is 5.91 Å². The average Bonchev–Trinajstić information content (AvgIpc) is 3.35. The van der Waals surface area contributed by atoms with Crippen LogP contribution in [-0.2, 0) is 4.79 Å². The Hall–Kier alpha value is -3.59. The lowest BCUT2D eigenvalue weighted by atomic mass is 10.2. The molecule has 0 saturated carbocycles. The van der Waals surface area contributed by atoms with Crippen LogP contribution in [0.2, 0.25) is 0 Å². The number of amides is 1. The standard InChI is InChI=1S/C21H18N4O4S/c1-12-9-19(23-20(26)17-11-28-15-5-3-4-6-16(15)29-17)25(24-12)21-22-14-8-7-13(27-2)10-18(14)30-21/h3-10,17H,11H2,1-2H3,(H,23,26)/t17-/m0/s1. The summed E-state index contributed by atoms with van der Waals surface area (Å²) in [6.07, 6.45) is -0.761. The number of fused-ring (bicyclic) bond motifs is 2. The number of nitrogens with one attached hydrogen (secondary N) is 1. The van der Waals surface area contributed by atoms with Crippen LogP contribution in [0.3, 0.4) is 0 Å². The van der Waals surface area contributed by atoms with Crippen LogP contribution in [0.4, 0.5) is 5.82 Å². The Morgan fingerprint density at radius 3 is 2.90 bits per heavy atom. The Balaban J connectivity index is 1.41. The highest BCUT2D eigenvalue weighted by Gasteiger charge is 2.28. The molecule has 0 spiro atoms. The van der Waals surface area contributed by atoms with Crippen LogP contribution in [0.1, 0.15) is 5.69 Å². The van der Waals surface area contributed by atoms with Crippen molar-refractivity contribution in [3.05, 3.63) is 54.2 Å². The maximum atomic E-state index is 12.8. The minimum absolute atomic E-state index is 0.136. The van der Waals surface area contributed by atoms with Crippen molar-refractivity contribution in [1.82, 2.24) is 14.8 Å².